The SMILES string of the molecule is Cc1cc(Cc2ccc(OS(=O)(=O)c3cccc4c(O)c([N+]#N)ccc34)c(OS(=O)(=O)c3cccc4c(O)c([N+]#N)ccc34)c2OS(=O)(=O)c2cccc3c(O)c([N+]#N)ccc23)c(C)c(C)c1OS(=O)(=O)c1cccc2c(O)c([N+]#N)ccc12. The second-order valence-corrected chi connectivity index (χ2v) is 24.7. The van der Waals surface area contributed by atoms with Crippen molar-refractivity contribution in [1.29, 1.82) is 21.6 Å². The van der Waals surface area contributed by atoms with E-state index >= 15 is 8.42 Å². The van der Waals surface area contributed by atoms with Gasteiger partial charge in [0, 0.05) is 79.3 Å². The highest BCUT2D eigenvalue weighted by atomic mass is 32.2. The monoisotopic (exact) mass is 1210 g/mol. The summed E-state index contributed by atoms with van der Waals surface area (Å²) in [7, 11) is -20.8. The average Bonchev–Trinajstić information content (AvgIpc) is 2.55. The van der Waals surface area contributed by atoms with Crippen molar-refractivity contribution in [3.05, 3.63) is 187 Å². The summed E-state index contributed by atoms with van der Waals surface area (Å²) in [5.74, 6) is -5.86. The van der Waals surface area contributed by atoms with Gasteiger partial charge in [-0.1, -0.05) is 60.7 Å². The Morgan fingerprint density at radius 1 is 0.357 bits per heavy atom. The molecule has 0 fully saturated rings. The first-order chi connectivity index (χ1) is 39.9. The van der Waals surface area contributed by atoms with Gasteiger partial charge in [-0.3, -0.25) is 0 Å². The first kappa shape index (κ1) is 56.4. The molecule has 0 aliphatic carbocycles. The third-order valence-corrected chi connectivity index (χ3v) is 19.0. The van der Waals surface area contributed by atoms with Gasteiger partial charge in [-0.2, -0.15) is 33.7 Å². The maximum absolute atomic E-state index is 15.0. The molecule has 0 saturated carbocycles. The van der Waals surface area contributed by atoms with Crippen LogP contribution < -0.4 is 16.7 Å². The first-order valence-electron chi connectivity index (χ1n) is 24.3. The van der Waals surface area contributed by atoms with Crippen LogP contribution >= 0.6 is 0 Å². The molecule has 28 heteroatoms. The fraction of sp³-hybridized carbons (Fsp3) is 0.0714. The van der Waals surface area contributed by atoms with Crippen LogP contribution in [-0.4, -0.2) is 54.1 Å². The summed E-state index contributed by atoms with van der Waals surface area (Å²) in [4.78, 5) is 9.65. The molecule has 0 saturated heterocycles. The van der Waals surface area contributed by atoms with E-state index in [4.69, 9.17) is 16.7 Å². The maximum atomic E-state index is 15.0. The number of benzene rings is 10. The maximum Gasteiger partial charge on any atom is 0.426 e. The molecule has 0 unspecified atom stereocenters. The average molecular weight is 1210 g/mol. The molecule has 0 aliphatic heterocycles. The Labute approximate surface area is 476 Å². The molecule has 0 aromatic heterocycles. The van der Waals surface area contributed by atoms with Crippen LogP contribution in [0.5, 0.6) is 46.0 Å². The lowest BCUT2D eigenvalue weighted by Gasteiger charge is -2.21. The van der Waals surface area contributed by atoms with Crippen LogP contribution in [0.25, 0.3) is 63.0 Å². The highest BCUT2D eigenvalue weighted by molar-refractivity contribution is 7.88. The largest absolute Gasteiger partial charge is 0.501 e. The molecule has 0 amide bonds. The topological polar surface area (TPSA) is 367 Å². The summed E-state index contributed by atoms with van der Waals surface area (Å²) >= 11 is 0. The number of hydrogen-bond acceptors (Lipinski definition) is 20. The Bertz CT molecular complexity index is 5230. The van der Waals surface area contributed by atoms with Crippen molar-refractivity contribution in [3.8, 4) is 46.0 Å². The van der Waals surface area contributed by atoms with E-state index in [-0.39, 0.29) is 98.7 Å². The zero-order valence-corrected chi connectivity index (χ0v) is 46.7. The molecule has 10 aromatic rings. The summed E-state index contributed by atoms with van der Waals surface area (Å²) in [6.45, 7) is 4.57. The third-order valence-electron chi connectivity index (χ3n) is 13.8. The quantitative estimate of drug-likeness (QED) is 0.0580. The normalized spacial score (nSPS) is 11.8. The molecule has 0 atom stereocenters. The highest BCUT2D eigenvalue weighted by Gasteiger charge is 2.36. The minimum absolute atomic E-state index is 0.0225. The number of phenolic OH excluding ortho intramolecular Hbond substituents is 4. The Kier molecular flexibility index (Phi) is 14.0. The van der Waals surface area contributed by atoms with E-state index in [1.54, 1.807) is 6.92 Å². The molecule has 84 heavy (non-hydrogen) atoms. The van der Waals surface area contributed by atoms with E-state index in [9.17, 15) is 67.3 Å². The Morgan fingerprint density at radius 2 is 0.679 bits per heavy atom. The molecular weight excluding hydrogens is 1170 g/mol. The van der Waals surface area contributed by atoms with Crippen LogP contribution in [0.3, 0.4) is 0 Å². The Hall–Kier alpha value is -10.9. The van der Waals surface area contributed by atoms with Crippen molar-refractivity contribution in [2.45, 2.75) is 46.8 Å². The molecular formula is C56H38N8O16S4+4. The van der Waals surface area contributed by atoms with Gasteiger partial charge in [0.25, 0.3) is 0 Å². The van der Waals surface area contributed by atoms with Crippen molar-refractivity contribution >= 4 is 106 Å². The minimum Gasteiger partial charge on any atom is -0.501 e. The molecule has 418 valence electrons. The Morgan fingerprint density at radius 3 is 1.02 bits per heavy atom. The van der Waals surface area contributed by atoms with Crippen LogP contribution in [0.15, 0.2) is 159 Å². The summed E-state index contributed by atoms with van der Waals surface area (Å²) in [5, 5.41) is 80.4. The fourth-order valence-electron chi connectivity index (χ4n) is 9.65. The molecule has 0 spiro atoms. The van der Waals surface area contributed by atoms with Crippen molar-refractivity contribution in [1.82, 2.24) is 0 Å². The minimum atomic E-state index is -5.43. The van der Waals surface area contributed by atoms with Crippen LogP contribution in [0.4, 0.5) is 22.7 Å². The first-order valence-corrected chi connectivity index (χ1v) is 29.9. The van der Waals surface area contributed by atoms with Gasteiger partial charge in [0.2, 0.25) is 50.3 Å². The van der Waals surface area contributed by atoms with Crippen LogP contribution in [-0.2, 0) is 46.9 Å². The van der Waals surface area contributed by atoms with Crippen molar-refractivity contribution in [3.63, 3.8) is 0 Å². The number of hydrogen-bond donors (Lipinski definition) is 4. The van der Waals surface area contributed by atoms with E-state index in [0.717, 1.165) is 54.6 Å². The number of aromatic hydroxyl groups is 4. The summed E-state index contributed by atoms with van der Waals surface area (Å²) in [5.41, 5.74) is -0.514. The number of fused-ring (bicyclic) bond motifs is 4. The Balaban J connectivity index is 1.18. The lowest BCUT2D eigenvalue weighted by Crippen LogP contribution is -2.18. The van der Waals surface area contributed by atoms with Crippen LogP contribution in [0, 0.1) is 42.3 Å². The van der Waals surface area contributed by atoms with Gasteiger partial charge in [-0.25, -0.2) is 0 Å². The van der Waals surface area contributed by atoms with Crippen molar-refractivity contribution in [2.75, 3.05) is 0 Å². The fourth-order valence-corrected chi connectivity index (χ4v) is 14.4. The summed E-state index contributed by atoms with van der Waals surface area (Å²) in [6.07, 6.45) is -0.455. The number of phenols is 4. The smallest absolute Gasteiger partial charge is 0.426 e. The second kappa shape index (κ2) is 20.9. The van der Waals surface area contributed by atoms with Gasteiger partial charge in [-0.05, 0) is 97.6 Å². The third kappa shape index (κ3) is 9.67. The standard InChI is InChI=1S/C56H34N8O16S4/c1-28-26-32(29(2)30(3)54(28)78-82(71,72)47-13-5-9-38-34(47)18-22-42(62-58)51(38)66)27-31-16-25-45(77-81(69,70)46-12-4-8-37-33(46)17-21-41(61-57)50(37)65)56(80-84(75,76)49-15-7-11-40-36(49)20-24-44(64-60)53(40)68)55(31)79-83(73,74)48-14-6-10-39-35(48)19-23-43(63-59)52(39)67/h4-26H,27H2,1-3H3/p+4. The van der Waals surface area contributed by atoms with E-state index in [2.05, 4.69) is 19.9 Å². The van der Waals surface area contributed by atoms with Crippen LogP contribution in [0.2, 0.25) is 0 Å². The van der Waals surface area contributed by atoms with Gasteiger partial charge in [0.05, 0.1) is 0 Å². The van der Waals surface area contributed by atoms with Crippen molar-refractivity contribution in [2.24, 2.45) is 0 Å². The zero-order valence-electron chi connectivity index (χ0n) is 43.4. The van der Waals surface area contributed by atoms with Gasteiger partial charge >= 0.3 is 63.2 Å². The van der Waals surface area contributed by atoms with E-state index in [0.29, 0.717) is 5.56 Å². The molecule has 0 radical (unpaired) electrons. The van der Waals surface area contributed by atoms with E-state index in [1.165, 1.54) is 98.8 Å². The lowest BCUT2D eigenvalue weighted by atomic mass is 9.93. The highest BCUT2D eigenvalue weighted by Crippen LogP contribution is 2.49. The summed E-state index contributed by atoms with van der Waals surface area (Å²) < 4.78 is 141. The van der Waals surface area contributed by atoms with Gasteiger partial charge < -0.3 is 37.2 Å². The number of diazo groups is 4. The summed E-state index contributed by atoms with van der Waals surface area (Å²) in [6, 6.07) is 27.4. The molecule has 0 aliphatic rings. The number of aryl methyl sites for hydroxylation is 1. The van der Waals surface area contributed by atoms with Crippen molar-refractivity contribution < 1.29 is 70.8 Å². The molecule has 4 N–H and O–H groups in total. The lowest BCUT2D eigenvalue weighted by molar-refractivity contribution is 0.427. The zero-order chi connectivity index (χ0) is 60.4. The van der Waals surface area contributed by atoms with Crippen LogP contribution in [0.1, 0.15) is 27.8 Å². The number of nitrogens with zero attached hydrogens (tertiary/aromatic N) is 8. The molecule has 0 heterocycles. The van der Waals surface area contributed by atoms with Gasteiger partial charge in [-0.15, -0.1) is 0 Å². The molecule has 10 aromatic carbocycles. The predicted molar refractivity (Wildman–Crippen MR) is 303 cm³/mol. The van der Waals surface area contributed by atoms with Gasteiger partial charge in [0.15, 0.2) is 31.4 Å². The second-order valence-electron chi connectivity index (χ2n) is 18.7. The van der Waals surface area contributed by atoms with E-state index in [1.807, 2.05) is 0 Å². The molecule has 0 bridgehead atoms. The molecule has 10 rings (SSSR count). The van der Waals surface area contributed by atoms with E-state index < -0.39 is 102 Å². The molecule has 24 nitrogen and oxygen atoms in total. The number of rotatable bonds is 14. The van der Waals surface area contributed by atoms with Gasteiger partial charge in [0.1, 0.15) is 25.3 Å². The predicted octanol–water partition coefficient (Wildman–Crippen LogP) is 12.6.